The summed E-state index contributed by atoms with van der Waals surface area (Å²) < 4.78 is 13.7. The third-order valence-corrected chi connectivity index (χ3v) is 4.83. The fourth-order valence-electron chi connectivity index (χ4n) is 2.90. The van der Waals surface area contributed by atoms with Gasteiger partial charge in [-0.15, -0.1) is 10.2 Å². The molecule has 8 nitrogen and oxygen atoms in total. The van der Waals surface area contributed by atoms with Gasteiger partial charge in [-0.25, -0.2) is 4.79 Å². The molecule has 0 radical (unpaired) electrons. The van der Waals surface area contributed by atoms with Crippen LogP contribution in [0.3, 0.4) is 0 Å². The summed E-state index contributed by atoms with van der Waals surface area (Å²) in [5.41, 5.74) is 0.447. The number of nitrogens with zero attached hydrogens (tertiary/aromatic N) is 4. The van der Waals surface area contributed by atoms with Crippen LogP contribution in [0, 0.1) is 0 Å². The first-order chi connectivity index (χ1) is 14.0. The van der Waals surface area contributed by atoms with E-state index in [2.05, 4.69) is 10.2 Å². The Kier molecular flexibility index (Phi) is 5.12. The van der Waals surface area contributed by atoms with Gasteiger partial charge in [0.05, 0.1) is 15.9 Å². The molecule has 2 heterocycles. The standard InChI is InChI=1S/C19H14Cl2N4O4/c1-24-18(27)12-4-2-3-5-14(12)25-16(22-23-19(24)25)9-29-17(26)10-28-15-7-6-11(20)8-13(15)21/h2-8H,9-10H2,1H3. The largest absolute Gasteiger partial charge is 0.480 e. The van der Waals surface area contributed by atoms with Gasteiger partial charge in [-0.3, -0.25) is 13.8 Å². The van der Waals surface area contributed by atoms with Crippen LogP contribution in [0.15, 0.2) is 47.3 Å². The van der Waals surface area contributed by atoms with E-state index < -0.39 is 5.97 Å². The summed E-state index contributed by atoms with van der Waals surface area (Å²) in [7, 11) is 1.61. The fraction of sp³-hybridized carbons (Fsp3) is 0.158. The number of fused-ring (bicyclic) bond motifs is 3. The molecule has 0 spiro atoms. The van der Waals surface area contributed by atoms with Gasteiger partial charge in [-0.1, -0.05) is 35.3 Å². The summed E-state index contributed by atoms with van der Waals surface area (Å²) in [5.74, 6) is 0.442. The molecule has 2 aromatic heterocycles. The zero-order valence-electron chi connectivity index (χ0n) is 15.1. The van der Waals surface area contributed by atoms with Gasteiger partial charge >= 0.3 is 5.97 Å². The molecule has 0 aliphatic rings. The SMILES string of the molecule is Cn1c(=O)c2ccccc2n2c(COC(=O)COc3ccc(Cl)cc3Cl)nnc12. The van der Waals surface area contributed by atoms with Crippen molar-refractivity contribution in [1.82, 2.24) is 19.2 Å². The van der Waals surface area contributed by atoms with E-state index in [0.29, 0.717) is 38.3 Å². The second kappa shape index (κ2) is 7.73. The van der Waals surface area contributed by atoms with Crippen molar-refractivity contribution in [3.8, 4) is 5.75 Å². The summed E-state index contributed by atoms with van der Waals surface area (Å²) in [6.07, 6.45) is 0. The Morgan fingerprint density at radius 2 is 1.93 bits per heavy atom. The molecule has 29 heavy (non-hydrogen) atoms. The van der Waals surface area contributed by atoms with E-state index in [-0.39, 0.29) is 18.8 Å². The Balaban J connectivity index is 1.53. The molecule has 0 unspecified atom stereocenters. The quantitative estimate of drug-likeness (QED) is 0.450. The van der Waals surface area contributed by atoms with Crippen LogP contribution in [0.5, 0.6) is 5.75 Å². The van der Waals surface area contributed by atoms with E-state index in [1.165, 1.54) is 10.6 Å². The summed E-state index contributed by atoms with van der Waals surface area (Å²) in [5, 5.41) is 9.37. The van der Waals surface area contributed by atoms with Crippen LogP contribution in [0.2, 0.25) is 10.0 Å². The number of hydrogen-bond acceptors (Lipinski definition) is 6. The predicted molar refractivity (Wildman–Crippen MR) is 107 cm³/mol. The molecule has 0 atom stereocenters. The van der Waals surface area contributed by atoms with Gasteiger partial charge in [0.1, 0.15) is 5.75 Å². The molecule has 148 valence electrons. The molecule has 0 amide bonds. The third-order valence-electron chi connectivity index (χ3n) is 4.29. The first kappa shape index (κ1) is 19.2. The van der Waals surface area contributed by atoms with Gasteiger partial charge in [0.2, 0.25) is 5.78 Å². The smallest absolute Gasteiger partial charge is 0.344 e. The average Bonchev–Trinajstić information content (AvgIpc) is 3.14. The lowest BCUT2D eigenvalue weighted by Crippen LogP contribution is -2.21. The van der Waals surface area contributed by atoms with Crippen molar-refractivity contribution >= 4 is 45.9 Å². The Labute approximate surface area is 174 Å². The predicted octanol–water partition coefficient (Wildman–Crippen LogP) is 3.01. The first-order valence-corrected chi connectivity index (χ1v) is 9.26. The molecule has 0 aliphatic heterocycles. The van der Waals surface area contributed by atoms with E-state index in [0.717, 1.165) is 0 Å². The molecule has 0 saturated carbocycles. The number of para-hydroxylation sites is 1. The van der Waals surface area contributed by atoms with Gasteiger partial charge in [-0.2, -0.15) is 0 Å². The van der Waals surface area contributed by atoms with Crippen molar-refractivity contribution in [2.24, 2.45) is 7.05 Å². The molecule has 2 aromatic carbocycles. The van der Waals surface area contributed by atoms with Crippen LogP contribution in [0.1, 0.15) is 5.82 Å². The number of carbonyl (C=O) groups excluding carboxylic acids is 1. The first-order valence-electron chi connectivity index (χ1n) is 8.51. The van der Waals surface area contributed by atoms with Crippen LogP contribution in [-0.4, -0.2) is 31.7 Å². The third kappa shape index (κ3) is 3.64. The minimum absolute atomic E-state index is 0.139. The van der Waals surface area contributed by atoms with E-state index in [1.54, 1.807) is 47.8 Å². The van der Waals surface area contributed by atoms with E-state index in [9.17, 15) is 9.59 Å². The van der Waals surface area contributed by atoms with Gasteiger partial charge in [0, 0.05) is 12.1 Å². The average molecular weight is 433 g/mol. The highest BCUT2D eigenvalue weighted by molar-refractivity contribution is 6.35. The monoisotopic (exact) mass is 432 g/mol. The highest BCUT2D eigenvalue weighted by atomic mass is 35.5. The highest BCUT2D eigenvalue weighted by Crippen LogP contribution is 2.27. The summed E-state index contributed by atoms with van der Waals surface area (Å²) in [6.45, 7) is -0.475. The molecule has 0 bridgehead atoms. The summed E-state index contributed by atoms with van der Waals surface area (Å²) in [4.78, 5) is 24.5. The lowest BCUT2D eigenvalue weighted by Gasteiger charge is -2.09. The van der Waals surface area contributed by atoms with Gasteiger partial charge in [0.15, 0.2) is 19.0 Å². The number of hydrogen-bond donors (Lipinski definition) is 0. The van der Waals surface area contributed by atoms with Crippen LogP contribution in [0.4, 0.5) is 0 Å². The second-order valence-corrected chi connectivity index (χ2v) is 7.00. The zero-order valence-corrected chi connectivity index (χ0v) is 16.6. The van der Waals surface area contributed by atoms with Crippen molar-refractivity contribution in [2.75, 3.05) is 6.61 Å². The number of rotatable bonds is 5. The molecule has 4 rings (SSSR count). The van der Waals surface area contributed by atoms with E-state index >= 15 is 0 Å². The van der Waals surface area contributed by atoms with Gasteiger partial charge in [0.25, 0.3) is 5.56 Å². The topological polar surface area (TPSA) is 87.7 Å². The lowest BCUT2D eigenvalue weighted by atomic mass is 10.2. The van der Waals surface area contributed by atoms with E-state index in [4.69, 9.17) is 32.7 Å². The highest BCUT2D eigenvalue weighted by Gasteiger charge is 2.16. The number of ether oxygens (including phenoxy) is 2. The summed E-state index contributed by atoms with van der Waals surface area (Å²) in [6, 6.07) is 11.8. The maximum Gasteiger partial charge on any atom is 0.344 e. The van der Waals surface area contributed by atoms with Crippen molar-refractivity contribution in [2.45, 2.75) is 6.61 Å². The number of benzene rings is 2. The maximum atomic E-state index is 12.4. The lowest BCUT2D eigenvalue weighted by molar-refractivity contribution is -0.147. The molecule has 0 fully saturated rings. The number of aromatic nitrogens is 4. The minimum atomic E-state index is -0.609. The Hall–Kier alpha value is -3.10. The number of esters is 1. The number of aryl methyl sites for hydroxylation is 1. The normalized spacial score (nSPS) is 11.1. The molecule has 10 heteroatoms. The van der Waals surface area contributed by atoms with Gasteiger partial charge in [-0.05, 0) is 30.3 Å². The summed E-state index contributed by atoms with van der Waals surface area (Å²) >= 11 is 11.8. The molecule has 0 saturated heterocycles. The maximum absolute atomic E-state index is 12.4. The number of halogens is 2. The van der Waals surface area contributed by atoms with Crippen molar-refractivity contribution in [1.29, 1.82) is 0 Å². The van der Waals surface area contributed by atoms with Crippen molar-refractivity contribution in [3.63, 3.8) is 0 Å². The van der Waals surface area contributed by atoms with Crippen molar-refractivity contribution in [3.05, 3.63) is 68.7 Å². The zero-order chi connectivity index (χ0) is 20.5. The molecular formula is C19H14Cl2N4O4. The fourth-order valence-corrected chi connectivity index (χ4v) is 3.36. The minimum Gasteiger partial charge on any atom is -0.480 e. The Morgan fingerprint density at radius 1 is 1.14 bits per heavy atom. The van der Waals surface area contributed by atoms with E-state index in [1.807, 2.05) is 0 Å². The Morgan fingerprint density at radius 3 is 2.72 bits per heavy atom. The van der Waals surface area contributed by atoms with Crippen LogP contribution in [-0.2, 0) is 23.2 Å². The van der Waals surface area contributed by atoms with Gasteiger partial charge < -0.3 is 9.47 Å². The molecular weight excluding hydrogens is 419 g/mol. The van der Waals surface area contributed by atoms with Crippen LogP contribution in [0.25, 0.3) is 16.7 Å². The van der Waals surface area contributed by atoms with Crippen LogP contribution >= 0.6 is 23.2 Å². The van der Waals surface area contributed by atoms with Crippen molar-refractivity contribution < 1.29 is 14.3 Å². The second-order valence-electron chi connectivity index (χ2n) is 6.16. The number of carbonyl (C=O) groups is 1. The molecule has 4 aromatic rings. The van der Waals surface area contributed by atoms with Crippen LogP contribution < -0.4 is 10.3 Å². The molecule has 0 N–H and O–H groups in total. The Bertz CT molecular complexity index is 1300. The molecule has 0 aliphatic carbocycles.